The maximum Gasteiger partial charge on any atom is 0.338 e. The first kappa shape index (κ1) is 24.9. The van der Waals surface area contributed by atoms with Gasteiger partial charge >= 0.3 is 5.97 Å². The van der Waals surface area contributed by atoms with Crippen LogP contribution in [0.2, 0.25) is 0 Å². The second-order valence-electron chi connectivity index (χ2n) is 8.81. The number of benzene rings is 2. The van der Waals surface area contributed by atoms with E-state index in [0.29, 0.717) is 37.4 Å². The van der Waals surface area contributed by atoms with Crippen molar-refractivity contribution in [3.8, 4) is 16.9 Å². The Labute approximate surface area is 230 Å². The summed E-state index contributed by atoms with van der Waals surface area (Å²) in [5.41, 5.74) is 3.42. The number of carbonyl (C=O) groups excluding carboxylic acids is 1. The maximum atomic E-state index is 13.9. The van der Waals surface area contributed by atoms with Crippen LogP contribution < -0.4 is 14.9 Å². The molecule has 0 aliphatic carbocycles. The summed E-state index contributed by atoms with van der Waals surface area (Å²) in [6, 6.07) is 18.8. The summed E-state index contributed by atoms with van der Waals surface area (Å²) >= 11 is 2.70. The molecule has 0 radical (unpaired) electrons. The van der Waals surface area contributed by atoms with E-state index in [2.05, 4.69) is 4.99 Å². The van der Waals surface area contributed by atoms with Gasteiger partial charge < -0.3 is 4.74 Å². The van der Waals surface area contributed by atoms with Crippen molar-refractivity contribution in [2.24, 2.45) is 4.99 Å². The zero-order valence-corrected chi connectivity index (χ0v) is 22.5. The van der Waals surface area contributed by atoms with Crippen LogP contribution in [0, 0.1) is 5.82 Å². The Morgan fingerprint density at radius 3 is 2.54 bits per heavy atom. The Hall–Kier alpha value is -4.41. The van der Waals surface area contributed by atoms with E-state index in [1.807, 2.05) is 54.0 Å². The van der Waals surface area contributed by atoms with Gasteiger partial charge in [0.2, 0.25) is 0 Å². The fourth-order valence-corrected chi connectivity index (χ4v) is 6.45. The lowest BCUT2D eigenvalue weighted by Crippen LogP contribution is -2.39. The topological polar surface area (TPSA) is 78.5 Å². The molecule has 0 saturated carbocycles. The number of thiophene rings is 1. The molecular weight excluding hydrogens is 535 g/mol. The third kappa shape index (κ3) is 4.47. The summed E-state index contributed by atoms with van der Waals surface area (Å²) in [7, 11) is 1.32. The third-order valence-corrected chi connectivity index (χ3v) is 8.31. The van der Waals surface area contributed by atoms with Crippen LogP contribution in [-0.2, 0) is 9.53 Å². The van der Waals surface area contributed by atoms with E-state index >= 15 is 0 Å². The number of para-hydroxylation sites is 1. The van der Waals surface area contributed by atoms with Gasteiger partial charge in [0.25, 0.3) is 5.56 Å². The number of thiazole rings is 1. The Morgan fingerprint density at radius 2 is 1.85 bits per heavy atom. The molecule has 39 heavy (non-hydrogen) atoms. The molecule has 2 aromatic carbocycles. The van der Waals surface area contributed by atoms with Crippen LogP contribution in [0.3, 0.4) is 0 Å². The van der Waals surface area contributed by atoms with E-state index < -0.39 is 12.0 Å². The summed E-state index contributed by atoms with van der Waals surface area (Å²) in [6.45, 7) is 1.75. The quantitative estimate of drug-likeness (QED) is 0.300. The summed E-state index contributed by atoms with van der Waals surface area (Å²) < 4.78 is 22.5. The summed E-state index contributed by atoms with van der Waals surface area (Å²) in [5.74, 6) is -0.867. The standard InChI is InChI=1S/C29H21FN4O3S2/c1-17-24(28(36)37-2)26(22-9-6-14-38-22)34-27(35)23(39-29(34)31-17)15-19-16-33(21-7-4-3-5-8-21)32-25(19)18-10-12-20(30)13-11-18/h3-16,26H,1-2H3/b23-15+/t26-/m0/s1. The Balaban J connectivity index is 1.56. The number of halogens is 1. The van der Waals surface area contributed by atoms with Crippen molar-refractivity contribution in [1.82, 2.24) is 14.3 Å². The lowest BCUT2D eigenvalue weighted by atomic mass is 10.0. The normalized spacial score (nSPS) is 15.3. The van der Waals surface area contributed by atoms with E-state index in [-0.39, 0.29) is 11.4 Å². The molecule has 0 saturated heterocycles. The molecule has 1 aliphatic heterocycles. The van der Waals surface area contributed by atoms with Gasteiger partial charge in [0, 0.05) is 22.2 Å². The molecule has 4 heterocycles. The number of rotatable bonds is 5. The van der Waals surface area contributed by atoms with Gasteiger partial charge in [-0.3, -0.25) is 9.36 Å². The van der Waals surface area contributed by atoms with Gasteiger partial charge in [0.15, 0.2) is 4.80 Å². The number of hydrogen-bond donors (Lipinski definition) is 0. The van der Waals surface area contributed by atoms with Crippen LogP contribution in [0.1, 0.15) is 23.4 Å². The first-order valence-corrected chi connectivity index (χ1v) is 13.7. The lowest BCUT2D eigenvalue weighted by molar-refractivity contribution is -0.136. The van der Waals surface area contributed by atoms with Gasteiger partial charge in [-0.05, 0) is 60.8 Å². The van der Waals surface area contributed by atoms with Gasteiger partial charge in [-0.2, -0.15) is 5.10 Å². The zero-order valence-electron chi connectivity index (χ0n) is 20.9. The van der Waals surface area contributed by atoms with E-state index in [0.717, 1.165) is 10.6 Å². The van der Waals surface area contributed by atoms with Crippen molar-refractivity contribution in [2.75, 3.05) is 7.11 Å². The summed E-state index contributed by atoms with van der Waals surface area (Å²) in [6.07, 6.45) is 3.62. The number of fused-ring (bicyclic) bond motifs is 1. The summed E-state index contributed by atoms with van der Waals surface area (Å²) in [5, 5.41) is 6.67. The molecule has 0 spiro atoms. The average Bonchev–Trinajstić information content (AvgIpc) is 3.69. The smallest absolute Gasteiger partial charge is 0.338 e. The predicted molar refractivity (Wildman–Crippen MR) is 149 cm³/mol. The van der Waals surface area contributed by atoms with Crippen molar-refractivity contribution in [1.29, 1.82) is 0 Å². The third-order valence-electron chi connectivity index (χ3n) is 6.41. The monoisotopic (exact) mass is 556 g/mol. The van der Waals surface area contributed by atoms with Crippen molar-refractivity contribution in [3.05, 3.63) is 126 Å². The molecule has 0 bridgehead atoms. The molecule has 1 atom stereocenters. The predicted octanol–water partition coefficient (Wildman–Crippen LogP) is 4.46. The first-order valence-electron chi connectivity index (χ1n) is 12.0. The molecular formula is C29H21FN4O3S2. The Bertz CT molecular complexity index is 1900. The van der Waals surface area contributed by atoms with Crippen molar-refractivity contribution in [3.63, 3.8) is 0 Å². The van der Waals surface area contributed by atoms with E-state index in [4.69, 9.17) is 9.84 Å². The number of carbonyl (C=O) groups is 1. The molecule has 6 rings (SSSR count). The fraction of sp³-hybridized carbons (Fsp3) is 0.103. The van der Waals surface area contributed by atoms with Crippen molar-refractivity contribution < 1.29 is 13.9 Å². The van der Waals surface area contributed by atoms with Gasteiger partial charge in [-0.1, -0.05) is 35.6 Å². The minimum Gasteiger partial charge on any atom is -0.466 e. The van der Waals surface area contributed by atoms with Gasteiger partial charge in [0.1, 0.15) is 17.6 Å². The van der Waals surface area contributed by atoms with Gasteiger partial charge in [-0.25, -0.2) is 18.9 Å². The molecule has 194 valence electrons. The highest BCUT2D eigenvalue weighted by molar-refractivity contribution is 7.10. The molecule has 1 aliphatic rings. The van der Waals surface area contributed by atoms with Crippen LogP contribution in [0.4, 0.5) is 4.39 Å². The molecule has 0 amide bonds. The molecule has 0 fully saturated rings. The van der Waals surface area contributed by atoms with Crippen LogP contribution >= 0.6 is 22.7 Å². The van der Waals surface area contributed by atoms with Crippen LogP contribution in [0.25, 0.3) is 23.0 Å². The minimum absolute atomic E-state index is 0.274. The van der Waals surface area contributed by atoms with Gasteiger partial charge in [0.05, 0.1) is 28.6 Å². The second kappa shape index (κ2) is 10.0. The number of allylic oxidation sites excluding steroid dienone is 1. The zero-order chi connectivity index (χ0) is 27.1. The largest absolute Gasteiger partial charge is 0.466 e. The van der Waals surface area contributed by atoms with E-state index in [9.17, 15) is 14.0 Å². The highest BCUT2D eigenvalue weighted by Gasteiger charge is 2.33. The minimum atomic E-state index is -0.639. The highest BCUT2D eigenvalue weighted by atomic mass is 32.1. The second-order valence-corrected chi connectivity index (χ2v) is 10.8. The molecule has 0 N–H and O–H groups in total. The number of ether oxygens (including phenoxy) is 1. The van der Waals surface area contributed by atoms with Crippen LogP contribution in [0.15, 0.2) is 99.4 Å². The number of esters is 1. The fourth-order valence-electron chi connectivity index (χ4n) is 4.59. The number of hydrogen-bond acceptors (Lipinski definition) is 7. The summed E-state index contributed by atoms with van der Waals surface area (Å²) in [4.78, 5) is 32.6. The van der Waals surface area contributed by atoms with Crippen LogP contribution in [-0.4, -0.2) is 27.4 Å². The first-order chi connectivity index (χ1) is 18.9. The van der Waals surface area contributed by atoms with Crippen molar-refractivity contribution >= 4 is 34.7 Å². The number of nitrogens with zero attached hydrogens (tertiary/aromatic N) is 4. The van der Waals surface area contributed by atoms with Crippen LogP contribution in [0.5, 0.6) is 0 Å². The molecule has 3 aromatic heterocycles. The van der Waals surface area contributed by atoms with Gasteiger partial charge in [-0.15, -0.1) is 11.3 Å². The number of methoxy groups -OCH3 is 1. The Kier molecular flexibility index (Phi) is 6.41. The average molecular weight is 557 g/mol. The van der Waals surface area contributed by atoms with Crippen molar-refractivity contribution in [2.45, 2.75) is 13.0 Å². The van der Waals surface area contributed by atoms with E-state index in [1.54, 1.807) is 34.4 Å². The highest BCUT2D eigenvalue weighted by Crippen LogP contribution is 2.33. The lowest BCUT2D eigenvalue weighted by Gasteiger charge is -2.22. The molecule has 5 aromatic rings. The number of aromatic nitrogens is 3. The molecule has 7 nitrogen and oxygen atoms in total. The van der Waals surface area contributed by atoms with E-state index in [1.165, 1.54) is 41.9 Å². The SMILES string of the molecule is COC(=O)C1=C(C)N=c2s/c(=C/c3cn(-c4ccccc4)nc3-c3ccc(F)cc3)c(=O)n2[C@H]1c1cccs1. The Morgan fingerprint density at radius 1 is 1.08 bits per heavy atom. The maximum absolute atomic E-state index is 13.9. The molecule has 0 unspecified atom stereocenters. The molecule has 10 heteroatoms.